The van der Waals surface area contributed by atoms with Crippen LogP contribution in [0.4, 0.5) is 17.1 Å². The van der Waals surface area contributed by atoms with Crippen molar-refractivity contribution in [2.45, 2.75) is 0 Å². The highest BCUT2D eigenvalue weighted by Crippen LogP contribution is 2.42. The van der Waals surface area contributed by atoms with Crippen LogP contribution in [0.2, 0.25) is 0 Å². The van der Waals surface area contributed by atoms with E-state index >= 15 is 0 Å². The van der Waals surface area contributed by atoms with Gasteiger partial charge in [-0.2, -0.15) is 0 Å². The molecule has 8 rings (SSSR count). The van der Waals surface area contributed by atoms with E-state index in [2.05, 4.69) is 207 Å². The second-order valence-electron chi connectivity index (χ2n) is 12.3. The number of nitrogens with zero attached hydrogens (tertiary/aromatic N) is 1. The van der Waals surface area contributed by atoms with Crippen LogP contribution in [0.5, 0.6) is 0 Å². The number of fused-ring (bicyclic) bond motifs is 1. The average molecular weight is 612 g/mol. The summed E-state index contributed by atoms with van der Waals surface area (Å²) in [6.07, 6.45) is 0. The van der Waals surface area contributed by atoms with Gasteiger partial charge in [-0.15, -0.1) is 0 Å². The van der Waals surface area contributed by atoms with Crippen LogP contribution in [0.15, 0.2) is 194 Å². The first kappa shape index (κ1) is 29.3. The molecule has 0 aliphatic heterocycles. The predicted octanol–water partition coefficient (Wildman–Crippen LogP) is 11.2. The van der Waals surface area contributed by atoms with E-state index in [1.165, 1.54) is 60.7 Å². The van der Waals surface area contributed by atoms with Crippen molar-refractivity contribution < 1.29 is 0 Å². The van der Waals surface area contributed by atoms with Gasteiger partial charge < -0.3 is 4.90 Å². The lowest BCUT2D eigenvalue weighted by atomic mass is 9.93. The maximum Gasteiger partial charge on any atom is 0.139 e. The summed E-state index contributed by atoms with van der Waals surface area (Å²) in [5, 5.41) is 2.43. The molecule has 0 bridgehead atoms. The summed E-state index contributed by atoms with van der Waals surface area (Å²) in [6, 6.07) is 70.1. The lowest BCUT2D eigenvalue weighted by molar-refractivity contribution is 1.29. The van der Waals surface area contributed by atoms with E-state index in [-0.39, 0.29) is 0 Å². The summed E-state index contributed by atoms with van der Waals surface area (Å²) in [6.45, 7) is 0. The van der Waals surface area contributed by atoms with Gasteiger partial charge in [0, 0.05) is 16.9 Å². The van der Waals surface area contributed by atoms with Crippen molar-refractivity contribution in [1.29, 1.82) is 0 Å². The van der Waals surface area contributed by atoms with Gasteiger partial charge in [-0.25, -0.2) is 0 Å². The third kappa shape index (κ3) is 5.93. The van der Waals surface area contributed by atoms with Crippen molar-refractivity contribution in [1.82, 2.24) is 0 Å². The monoisotopic (exact) mass is 611 g/mol. The molecule has 0 heterocycles. The van der Waals surface area contributed by atoms with Gasteiger partial charge in [0.25, 0.3) is 0 Å². The molecule has 0 saturated heterocycles. The Hall–Kier alpha value is -6.12. The third-order valence-corrected chi connectivity index (χ3v) is 9.13. The zero-order chi connectivity index (χ0) is 32.3. The Morgan fingerprint density at radius 3 is 1.52 bits per heavy atom. The van der Waals surface area contributed by atoms with Gasteiger partial charge in [0.15, 0.2) is 0 Å². The molecular weight excluding hydrogens is 577 g/mol. The zero-order valence-corrected chi connectivity index (χ0v) is 26.9. The van der Waals surface area contributed by atoms with Gasteiger partial charge in [-0.05, 0) is 86.1 Å². The van der Waals surface area contributed by atoms with E-state index in [9.17, 15) is 0 Å². The number of para-hydroxylation sites is 1. The lowest BCUT2D eigenvalue weighted by Crippen LogP contribution is -2.11. The molecule has 0 amide bonds. The normalized spacial score (nSPS) is 11.0. The maximum atomic E-state index is 2.40. The van der Waals surface area contributed by atoms with E-state index < -0.39 is 0 Å². The SMILES string of the molecule is Bc1ccc(-c2ccc3cc(N(c4cccc(-c5ccc(-c6ccccc6)cc5)c4)c4ccccc4-c4ccccc4)ccc3c2)cc1. The zero-order valence-electron chi connectivity index (χ0n) is 26.9. The van der Waals surface area contributed by atoms with Gasteiger partial charge in [-0.3, -0.25) is 0 Å². The Morgan fingerprint density at radius 1 is 0.312 bits per heavy atom. The van der Waals surface area contributed by atoms with Gasteiger partial charge in [-0.1, -0.05) is 163 Å². The highest BCUT2D eigenvalue weighted by atomic mass is 15.1. The average Bonchev–Trinajstić information content (AvgIpc) is 3.16. The summed E-state index contributed by atoms with van der Waals surface area (Å²) in [5.74, 6) is 0. The van der Waals surface area contributed by atoms with Crippen molar-refractivity contribution >= 4 is 41.1 Å². The highest BCUT2D eigenvalue weighted by molar-refractivity contribution is 6.32. The molecule has 8 aromatic carbocycles. The minimum Gasteiger partial charge on any atom is -0.310 e. The molecule has 0 N–H and O–H groups in total. The fraction of sp³-hybridized carbons (Fsp3) is 0. The Balaban J connectivity index is 1.24. The molecule has 0 aromatic heterocycles. The molecule has 226 valence electrons. The Kier molecular flexibility index (Phi) is 7.90. The molecule has 1 nitrogen and oxygen atoms in total. The van der Waals surface area contributed by atoms with Crippen LogP contribution in [-0.2, 0) is 0 Å². The van der Waals surface area contributed by atoms with Gasteiger partial charge >= 0.3 is 0 Å². The molecule has 0 fully saturated rings. The molecule has 0 spiro atoms. The summed E-state index contributed by atoms with van der Waals surface area (Å²) in [7, 11) is 2.13. The molecule has 0 atom stereocenters. The van der Waals surface area contributed by atoms with Crippen molar-refractivity contribution in [3.05, 3.63) is 194 Å². The van der Waals surface area contributed by atoms with Crippen LogP contribution in [0, 0.1) is 0 Å². The largest absolute Gasteiger partial charge is 0.310 e. The Bertz CT molecular complexity index is 2330. The fourth-order valence-corrected chi connectivity index (χ4v) is 6.57. The molecule has 2 heteroatoms. The van der Waals surface area contributed by atoms with Crippen LogP contribution in [0.3, 0.4) is 0 Å². The smallest absolute Gasteiger partial charge is 0.139 e. The number of hydrogen-bond acceptors (Lipinski definition) is 1. The minimum absolute atomic E-state index is 1.11. The van der Waals surface area contributed by atoms with Crippen molar-refractivity contribution in [2.75, 3.05) is 4.90 Å². The second-order valence-corrected chi connectivity index (χ2v) is 12.3. The standard InChI is InChI=1S/C46H34BN/c47-42-27-24-36(25-28-42)39-22-23-41-32-44(29-26-40(41)30-39)48(46-17-8-7-16-45(46)37-12-5-2-6-13-37)43-15-9-14-38(31-43)35-20-18-34(19-21-35)33-10-3-1-4-11-33/h1-32H,47H2. The Morgan fingerprint density at radius 2 is 0.792 bits per heavy atom. The molecule has 0 aliphatic rings. The van der Waals surface area contributed by atoms with E-state index in [0.29, 0.717) is 0 Å². The van der Waals surface area contributed by atoms with E-state index in [1.54, 1.807) is 0 Å². The molecule has 0 unspecified atom stereocenters. The summed E-state index contributed by atoms with van der Waals surface area (Å²) in [4.78, 5) is 2.40. The second kappa shape index (κ2) is 12.9. The van der Waals surface area contributed by atoms with Crippen LogP contribution in [-0.4, -0.2) is 7.85 Å². The van der Waals surface area contributed by atoms with Gasteiger partial charge in [0.05, 0.1) is 5.69 Å². The van der Waals surface area contributed by atoms with Gasteiger partial charge in [0.2, 0.25) is 0 Å². The van der Waals surface area contributed by atoms with Crippen LogP contribution < -0.4 is 10.4 Å². The summed E-state index contributed by atoms with van der Waals surface area (Å²) >= 11 is 0. The van der Waals surface area contributed by atoms with Crippen LogP contribution >= 0.6 is 0 Å². The molecule has 48 heavy (non-hydrogen) atoms. The number of hydrogen-bond donors (Lipinski definition) is 0. The molecule has 0 aliphatic carbocycles. The lowest BCUT2D eigenvalue weighted by Gasteiger charge is -2.28. The molecule has 0 radical (unpaired) electrons. The van der Waals surface area contributed by atoms with E-state index in [1.807, 2.05) is 0 Å². The molecule has 0 saturated carbocycles. The van der Waals surface area contributed by atoms with Crippen molar-refractivity contribution in [2.24, 2.45) is 0 Å². The molecular formula is C46H34BN. The van der Waals surface area contributed by atoms with Crippen LogP contribution in [0.25, 0.3) is 55.3 Å². The van der Waals surface area contributed by atoms with Crippen molar-refractivity contribution in [3.63, 3.8) is 0 Å². The Labute approximate surface area is 283 Å². The van der Waals surface area contributed by atoms with Gasteiger partial charge in [0.1, 0.15) is 7.85 Å². The maximum absolute atomic E-state index is 2.40. The molecule has 8 aromatic rings. The first-order chi connectivity index (χ1) is 23.7. The quantitative estimate of drug-likeness (QED) is 0.162. The summed E-state index contributed by atoms with van der Waals surface area (Å²) < 4.78 is 0. The predicted molar refractivity (Wildman–Crippen MR) is 209 cm³/mol. The third-order valence-electron chi connectivity index (χ3n) is 9.13. The van der Waals surface area contributed by atoms with E-state index in [0.717, 1.165) is 17.1 Å². The van der Waals surface area contributed by atoms with Crippen molar-refractivity contribution in [3.8, 4) is 44.5 Å². The summed E-state index contributed by atoms with van der Waals surface area (Å²) in [5.41, 5.74) is 14.3. The minimum atomic E-state index is 1.11. The number of benzene rings is 8. The topological polar surface area (TPSA) is 3.24 Å². The highest BCUT2D eigenvalue weighted by Gasteiger charge is 2.18. The first-order valence-corrected chi connectivity index (χ1v) is 16.5. The number of rotatable bonds is 7. The number of anilines is 3. The first-order valence-electron chi connectivity index (χ1n) is 16.5. The van der Waals surface area contributed by atoms with Crippen LogP contribution in [0.1, 0.15) is 0 Å². The van der Waals surface area contributed by atoms with E-state index in [4.69, 9.17) is 0 Å². The fourth-order valence-electron chi connectivity index (χ4n) is 6.57.